The molecule has 1 saturated carbocycles. The summed E-state index contributed by atoms with van der Waals surface area (Å²) in [7, 11) is -1.71. The van der Waals surface area contributed by atoms with Crippen molar-refractivity contribution in [1.82, 2.24) is 4.72 Å². The van der Waals surface area contributed by atoms with Crippen LogP contribution in [0.15, 0.2) is 47.4 Å². The second-order valence-electron chi connectivity index (χ2n) is 9.50. The Morgan fingerprint density at radius 1 is 1.18 bits per heavy atom. The summed E-state index contributed by atoms with van der Waals surface area (Å²) < 4.78 is 42.4. The summed E-state index contributed by atoms with van der Waals surface area (Å²) in [4.78, 5) is 14.9. The molecule has 1 aliphatic heterocycles. The molecule has 2 aliphatic rings. The summed E-state index contributed by atoms with van der Waals surface area (Å²) in [6.45, 7) is 2.85. The molecule has 4 rings (SSSR count). The van der Waals surface area contributed by atoms with Crippen molar-refractivity contribution in [2.75, 3.05) is 18.5 Å². The number of halogens is 1. The van der Waals surface area contributed by atoms with Crippen LogP contribution < -0.4 is 15.4 Å². The highest BCUT2D eigenvalue weighted by atomic mass is 32.2. The molecular weight excluding hydrogens is 441 g/mol. The molecule has 0 bridgehead atoms. The van der Waals surface area contributed by atoms with Crippen molar-refractivity contribution in [1.29, 1.82) is 0 Å². The van der Waals surface area contributed by atoms with Gasteiger partial charge in [-0.1, -0.05) is 25.1 Å². The van der Waals surface area contributed by atoms with Gasteiger partial charge in [0.1, 0.15) is 5.82 Å². The number of sulfonamides is 1. The number of fused-ring (bicyclic) bond motifs is 1. The Morgan fingerprint density at radius 3 is 2.48 bits per heavy atom. The number of rotatable bonds is 6. The third-order valence-electron chi connectivity index (χ3n) is 7.61. The fourth-order valence-electron chi connectivity index (χ4n) is 5.41. The number of nitrogens with zero attached hydrogens (tertiary/aromatic N) is 1. The van der Waals surface area contributed by atoms with Crippen molar-refractivity contribution in [3.8, 4) is 0 Å². The first kappa shape index (κ1) is 23.7. The third-order valence-corrected chi connectivity index (χ3v) is 9.13. The van der Waals surface area contributed by atoms with E-state index in [1.165, 1.54) is 17.7 Å². The molecule has 2 aromatic carbocycles. The topological polar surface area (TPSA) is 92.5 Å². The summed E-state index contributed by atoms with van der Waals surface area (Å²) in [5.74, 6) is -0.909. The minimum absolute atomic E-state index is 0.190. The number of hydrogen-bond donors (Lipinski definition) is 2. The van der Waals surface area contributed by atoms with Crippen LogP contribution in [0.2, 0.25) is 0 Å². The molecule has 33 heavy (non-hydrogen) atoms. The van der Waals surface area contributed by atoms with E-state index in [4.69, 9.17) is 5.73 Å². The average molecular weight is 474 g/mol. The van der Waals surface area contributed by atoms with E-state index >= 15 is 0 Å². The first-order valence-electron chi connectivity index (χ1n) is 11.5. The second kappa shape index (κ2) is 9.06. The number of primary amides is 1. The van der Waals surface area contributed by atoms with Gasteiger partial charge in [-0.25, -0.2) is 17.5 Å². The van der Waals surface area contributed by atoms with Crippen molar-refractivity contribution in [3.05, 3.63) is 59.4 Å². The molecule has 1 amide bonds. The minimum Gasteiger partial charge on any atom is -0.374 e. The number of carbonyl (C=O) groups excluding carboxylic acids is 1. The number of amides is 1. The standard InChI is InChI=1S/C25H32FN3O3S/c1-17(18-5-8-20(26)9-6-18)25(24(27)30)13-11-21(12-14-25)28-33(31,32)22-10-7-19-4-3-15-29(2)23(19)16-22/h5-10,16-17,21,28H,3-4,11-15H2,1-2H3,(H2,27,30)/t17-,21?,25?/m1/s1. The van der Waals surface area contributed by atoms with Crippen molar-refractivity contribution in [2.24, 2.45) is 11.1 Å². The zero-order valence-electron chi connectivity index (χ0n) is 19.2. The Hall–Kier alpha value is -2.45. The molecule has 1 fully saturated rings. The van der Waals surface area contributed by atoms with Gasteiger partial charge >= 0.3 is 0 Å². The molecule has 0 radical (unpaired) electrons. The Labute approximate surface area is 195 Å². The molecule has 1 atom stereocenters. The largest absolute Gasteiger partial charge is 0.374 e. The average Bonchev–Trinajstić information content (AvgIpc) is 2.79. The van der Waals surface area contributed by atoms with Crippen molar-refractivity contribution >= 4 is 21.6 Å². The maximum Gasteiger partial charge on any atom is 0.240 e. The molecule has 0 spiro atoms. The van der Waals surface area contributed by atoms with Crippen LogP contribution in [0.25, 0.3) is 0 Å². The van der Waals surface area contributed by atoms with Crippen LogP contribution in [-0.4, -0.2) is 34.0 Å². The zero-order chi connectivity index (χ0) is 23.8. The number of nitrogens with two attached hydrogens (primary N) is 1. The van der Waals surface area contributed by atoms with Crippen LogP contribution >= 0.6 is 0 Å². The lowest BCUT2D eigenvalue weighted by Crippen LogP contribution is -2.48. The Kier molecular flexibility index (Phi) is 6.51. The fourth-order valence-corrected chi connectivity index (χ4v) is 6.73. The highest BCUT2D eigenvalue weighted by Gasteiger charge is 2.45. The van der Waals surface area contributed by atoms with Crippen LogP contribution in [0.3, 0.4) is 0 Å². The number of aryl methyl sites for hydroxylation is 1. The Balaban J connectivity index is 1.48. The van der Waals surface area contributed by atoms with Gasteiger partial charge in [-0.3, -0.25) is 4.79 Å². The zero-order valence-corrected chi connectivity index (χ0v) is 20.0. The van der Waals surface area contributed by atoms with Crippen molar-refractivity contribution in [2.45, 2.75) is 62.3 Å². The van der Waals surface area contributed by atoms with Gasteiger partial charge in [-0.2, -0.15) is 0 Å². The highest BCUT2D eigenvalue weighted by Crippen LogP contribution is 2.47. The first-order chi connectivity index (χ1) is 15.6. The van der Waals surface area contributed by atoms with E-state index < -0.39 is 21.3 Å². The molecule has 0 aromatic heterocycles. The summed E-state index contributed by atoms with van der Waals surface area (Å²) in [6.07, 6.45) is 3.99. The van der Waals surface area contributed by atoms with Crippen LogP contribution in [0.5, 0.6) is 0 Å². The number of hydrogen-bond acceptors (Lipinski definition) is 4. The molecule has 0 saturated heterocycles. The highest BCUT2D eigenvalue weighted by molar-refractivity contribution is 7.89. The second-order valence-corrected chi connectivity index (χ2v) is 11.2. The van der Waals surface area contributed by atoms with E-state index in [-0.39, 0.29) is 22.7 Å². The fraction of sp³-hybridized carbons (Fsp3) is 0.480. The van der Waals surface area contributed by atoms with Gasteiger partial charge in [0, 0.05) is 25.3 Å². The molecule has 3 N–H and O–H groups in total. The van der Waals surface area contributed by atoms with Crippen LogP contribution in [0.1, 0.15) is 56.1 Å². The van der Waals surface area contributed by atoms with E-state index in [0.717, 1.165) is 30.6 Å². The number of nitrogens with one attached hydrogen (secondary N) is 1. The maximum absolute atomic E-state index is 13.4. The number of anilines is 1. The summed E-state index contributed by atoms with van der Waals surface area (Å²) in [5.41, 5.74) is 8.06. The maximum atomic E-state index is 13.4. The molecule has 2 aromatic rings. The van der Waals surface area contributed by atoms with Crippen LogP contribution in [-0.2, 0) is 21.2 Å². The summed E-state index contributed by atoms with van der Waals surface area (Å²) >= 11 is 0. The summed E-state index contributed by atoms with van der Waals surface area (Å²) in [6, 6.07) is 11.2. The van der Waals surface area contributed by atoms with E-state index in [1.807, 2.05) is 20.0 Å². The lowest BCUT2D eigenvalue weighted by atomic mass is 9.63. The summed E-state index contributed by atoms with van der Waals surface area (Å²) in [5, 5.41) is 0. The SMILES string of the molecule is C[C@H](c1ccc(F)cc1)C1(C(N)=O)CCC(NS(=O)(=O)c2ccc3c(c2)N(C)CCC3)CC1. The number of carbonyl (C=O) groups is 1. The van der Waals surface area contributed by atoms with Crippen molar-refractivity contribution < 1.29 is 17.6 Å². The third kappa shape index (κ3) is 4.64. The molecule has 8 heteroatoms. The Bertz CT molecular complexity index is 1130. The predicted molar refractivity (Wildman–Crippen MR) is 127 cm³/mol. The van der Waals surface area contributed by atoms with Gasteiger partial charge in [-0.05, 0) is 79.8 Å². The van der Waals surface area contributed by atoms with Gasteiger partial charge in [-0.15, -0.1) is 0 Å². The normalized spacial score (nSPS) is 24.2. The molecule has 1 aliphatic carbocycles. The molecule has 1 heterocycles. The van der Waals surface area contributed by atoms with E-state index in [0.29, 0.717) is 25.7 Å². The number of benzene rings is 2. The van der Waals surface area contributed by atoms with E-state index in [2.05, 4.69) is 9.62 Å². The van der Waals surface area contributed by atoms with Crippen LogP contribution in [0, 0.1) is 11.2 Å². The van der Waals surface area contributed by atoms with Gasteiger partial charge in [0.2, 0.25) is 15.9 Å². The lowest BCUT2D eigenvalue weighted by molar-refractivity contribution is -0.131. The smallest absolute Gasteiger partial charge is 0.240 e. The lowest BCUT2D eigenvalue weighted by Gasteiger charge is -2.42. The molecule has 0 unspecified atom stereocenters. The van der Waals surface area contributed by atoms with Crippen LogP contribution in [0.4, 0.5) is 10.1 Å². The molecule has 6 nitrogen and oxygen atoms in total. The van der Waals surface area contributed by atoms with E-state index in [9.17, 15) is 17.6 Å². The molecule has 178 valence electrons. The monoisotopic (exact) mass is 473 g/mol. The van der Waals surface area contributed by atoms with Gasteiger partial charge in [0.25, 0.3) is 0 Å². The Morgan fingerprint density at radius 2 is 1.85 bits per heavy atom. The van der Waals surface area contributed by atoms with Gasteiger partial charge in [0.15, 0.2) is 0 Å². The minimum atomic E-state index is -3.69. The molecular formula is C25H32FN3O3S. The van der Waals surface area contributed by atoms with Gasteiger partial charge < -0.3 is 10.6 Å². The first-order valence-corrected chi connectivity index (χ1v) is 13.0. The predicted octanol–water partition coefficient (Wildman–Crippen LogP) is 3.70. The quantitative estimate of drug-likeness (QED) is 0.669. The van der Waals surface area contributed by atoms with E-state index in [1.54, 1.807) is 24.3 Å². The van der Waals surface area contributed by atoms with Gasteiger partial charge in [0.05, 0.1) is 10.3 Å². The van der Waals surface area contributed by atoms with Crippen molar-refractivity contribution in [3.63, 3.8) is 0 Å².